The van der Waals surface area contributed by atoms with Crippen LogP contribution in [-0.4, -0.2) is 81.5 Å². The number of carbonyl (C=O) groups excluding carboxylic acids is 2. The third-order valence-corrected chi connectivity index (χ3v) is 11.8. The van der Waals surface area contributed by atoms with Gasteiger partial charge in [0.05, 0.1) is 32.8 Å². The lowest BCUT2D eigenvalue weighted by molar-refractivity contribution is -0.156. The minimum Gasteiger partial charge on any atom is -0.460 e. The van der Waals surface area contributed by atoms with Crippen LogP contribution in [0.15, 0.2) is 36.4 Å². The van der Waals surface area contributed by atoms with Crippen LogP contribution in [0.5, 0.6) is 11.5 Å². The van der Waals surface area contributed by atoms with Crippen LogP contribution in [0.25, 0.3) is 0 Å². The first-order valence-corrected chi connectivity index (χ1v) is 19.6. The van der Waals surface area contributed by atoms with Gasteiger partial charge in [0.1, 0.15) is 22.6 Å². The summed E-state index contributed by atoms with van der Waals surface area (Å²) in [6, 6.07) is 13.1. The van der Waals surface area contributed by atoms with E-state index in [4.69, 9.17) is 18.9 Å². The summed E-state index contributed by atoms with van der Waals surface area (Å²) in [5.41, 5.74) is 10.8. The molecular weight excluding hydrogens is 654 g/mol. The largest absolute Gasteiger partial charge is 0.460 e. The van der Waals surface area contributed by atoms with E-state index >= 15 is 0 Å². The number of anilines is 2. The molecule has 6 aliphatic heterocycles. The molecule has 0 bridgehead atoms. The van der Waals surface area contributed by atoms with Gasteiger partial charge in [-0.05, 0) is 107 Å². The molecule has 9 rings (SSSR count). The van der Waals surface area contributed by atoms with Gasteiger partial charge in [0.25, 0.3) is 5.91 Å². The van der Waals surface area contributed by atoms with Gasteiger partial charge < -0.3 is 33.6 Å². The SMILES string of the molecule is CC(C)(C)OC(=O)CCOCCOCCN1C(=O)c2ccccc2C12c1cc3c4c(c1Oc1c2cc2c5c1CCCN5CCC2)CCCN4CCC3. The highest BCUT2D eigenvalue weighted by atomic mass is 16.6. The molecule has 0 N–H and O–H groups in total. The summed E-state index contributed by atoms with van der Waals surface area (Å²) in [7, 11) is 0. The quantitative estimate of drug-likeness (QED) is 0.180. The second kappa shape index (κ2) is 13.1. The molecule has 0 aliphatic carbocycles. The monoisotopic (exact) mass is 705 g/mol. The molecule has 6 aliphatic rings. The summed E-state index contributed by atoms with van der Waals surface area (Å²) in [6.45, 7) is 11.7. The molecule has 0 saturated heterocycles. The third kappa shape index (κ3) is 5.41. The predicted molar refractivity (Wildman–Crippen MR) is 200 cm³/mol. The smallest absolute Gasteiger partial charge is 0.308 e. The molecule has 3 aromatic carbocycles. The Labute approximate surface area is 307 Å². The lowest BCUT2D eigenvalue weighted by Gasteiger charge is -2.49. The normalized spacial score (nSPS) is 19.1. The number of aryl methyl sites for hydroxylation is 2. The number of carbonyl (C=O) groups is 2. The standard InChI is InChI=1S/C43H51N3O6/c1-42(2,3)52-36(47)16-22-49-24-25-50-23-21-46-41(48)30-12-4-5-15-33(30)43(46)34-26-28-10-6-17-44-19-8-13-31(37(28)44)39(34)51-40-32-14-9-20-45-18-7-11-29(38(32)45)27-35(40)43/h4-5,12,15,26-27H,6-11,13-14,16-25H2,1-3H3. The summed E-state index contributed by atoms with van der Waals surface area (Å²) in [5.74, 6) is 1.70. The Kier molecular flexibility index (Phi) is 8.50. The lowest BCUT2D eigenvalue weighted by atomic mass is 9.70. The fraction of sp³-hybridized carbons (Fsp3) is 0.535. The molecule has 6 heterocycles. The average molecular weight is 706 g/mol. The van der Waals surface area contributed by atoms with E-state index in [0.717, 1.165) is 111 Å². The van der Waals surface area contributed by atoms with Crippen LogP contribution in [0.3, 0.4) is 0 Å². The van der Waals surface area contributed by atoms with Crippen molar-refractivity contribution in [3.8, 4) is 11.5 Å². The van der Waals surface area contributed by atoms with Crippen molar-refractivity contribution in [2.45, 2.75) is 89.7 Å². The molecule has 9 nitrogen and oxygen atoms in total. The van der Waals surface area contributed by atoms with E-state index in [-0.39, 0.29) is 24.9 Å². The maximum absolute atomic E-state index is 14.8. The number of fused-ring (bicyclic) bond motifs is 8. The van der Waals surface area contributed by atoms with Crippen LogP contribution in [0, 0.1) is 0 Å². The summed E-state index contributed by atoms with van der Waals surface area (Å²) < 4.78 is 24.6. The van der Waals surface area contributed by atoms with Crippen LogP contribution in [0.1, 0.15) is 102 Å². The Morgan fingerprint density at radius 3 is 1.90 bits per heavy atom. The van der Waals surface area contributed by atoms with Gasteiger partial charge in [-0.1, -0.05) is 18.2 Å². The summed E-state index contributed by atoms with van der Waals surface area (Å²) >= 11 is 0. The zero-order valence-electron chi connectivity index (χ0n) is 31.0. The molecule has 274 valence electrons. The van der Waals surface area contributed by atoms with Crippen molar-refractivity contribution < 1.29 is 28.5 Å². The maximum atomic E-state index is 14.8. The molecular formula is C43H51N3O6. The number of ether oxygens (including phenoxy) is 4. The van der Waals surface area contributed by atoms with E-state index < -0.39 is 11.1 Å². The van der Waals surface area contributed by atoms with Crippen molar-refractivity contribution in [1.29, 1.82) is 0 Å². The highest BCUT2D eigenvalue weighted by Crippen LogP contribution is 2.62. The minimum absolute atomic E-state index is 0.0348. The summed E-state index contributed by atoms with van der Waals surface area (Å²) in [4.78, 5) is 34.2. The molecule has 3 aromatic rings. The Bertz CT molecular complexity index is 1850. The number of nitrogens with zero attached hydrogens (tertiary/aromatic N) is 3. The number of rotatable bonds is 9. The minimum atomic E-state index is -0.833. The molecule has 0 unspecified atom stereocenters. The number of hydrogen-bond acceptors (Lipinski definition) is 8. The van der Waals surface area contributed by atoms with Crippen LogP contribution < -0.4 is 14.5 Å². The Morgan fingerprint density at radius 2 is 1.31 bits per heavy atom. The van der Waals surface area contributed by atoms with Crippen molar-refractivity contribution in [3.63, 3.8) is 0 Å². The summed E-state index contributed by atoms with van der Waals surface area (Å²) in [6.07, 6.45) is 8.70. The lowest BCUT2D eigenvalue weighted by Crippen LogP contribution is -2.49. The Hall–Kier alpha value is -4.08. The van der Waals surface area contributed by atoms with Crippen LogP contribution in [-0.2, 0) is 50.2 Å². The highest BCUT2D eigenvalue weighted by Gasteiger charge is 2.58. The topological polar surface area (TPSA) is 80.8 Å². The molecule has 0 atom stereocenters. The van der Waals surface area contributed by atoms with E-state index in [1.807, 2.05) is 32.9 Å². The first-order valence-electron chi connectivity index (χ1n) is 19.6. The zero-order valence-corrected chi connectivity index (χ0v) is 31.0. The zero-order chi connectivity index (χ0) is 35.6. The number of amides is 1. The van der Waals surface area contributed by atoms with Crippen molar-refractivity contribution in [2.24, 2.45) is 0 Å². The molecule has 1 amide bonds. The van der Waals surface area contributed by atoms with Crippen molar-refractivity contribution >= 4 is 23.3 Å². The number of benzene rings is 3. The number of esters is 1. The van der Waals surface area contributed by atoms with Gasteiger partial charge in [0.2, 0.25) is 0 Å². The first kappa shape index (κ1) is 33.7. The molecule has 0 aromatic heterocycles. The molecule has 0 radical (unpaired) electrons. The second-order valence-corrected chi connectivity index (χ2v) is 16.2. The number of hydrogen-bond donors (Lipinski definition) is 0. The Morgan fingerprint density at radius 1 is 0.750 bits per heavy atom. The second-order valence-electron chi connectivity index (χ2n) is 16.2. The van der Waals surface area contributed by atoms with Crippen molar-refractivity contribution in [1.82, 2.24) is 4.90 Å². The van der Waals surface area contributed by atoms with E-state index in [0.29, 0.717) is 26.4 Å². The molecule has 0 fully saturated rings. The van der Waals surface area contributed by atoms with Gasteiger partial charge >= 0.3 is 5.97 Å². The molecule has 52 heavy (non-hydrogen) atoms. The van der Waals surface area contributed by atoms with Gasteiger partial charge in [0, 0.05) is 71.9 Å². The highest BCUT2D eigenvalue weighted by molar-refractivity contribution is 6.03. The maximum Gasteiger partial charge on any atom is 0.308 e. The van der Waals surface area contributed by atoms with E-state index in [2.05, 4.69) is 39.0 Å². The third-order valence-electron chi connectivity index (χ3n) is 11.8. The average Bonchev–Trinajstić information content (AvgIpc) is 3.37. The summed E-state index contributed by atoms with van der Waals surface area (Å²) in [5, 5.41) is 0. The first-order chi connectivity index (χ1) is 25.3. The van der Waals surface area contributed by atoms with Gasteiger partial charge in [-0.25, -0.2) is 0 Å². The van der Waals surface area contributed by atoms with Gasteiger partial charge in [0.15, 0.2) is 0 Å². The van der Waals surface area contributed by atoms with Crippen LogP contribution >= 0.6 is 0 Å². The predicted octanol–water partition coefficient (Wildman–Crippen LogP) is 6.70. The molecule has 1 spiro atoms. The molecule has 0 saturated carbocycles. The van der Waals surface area contributed by atoms with Gasteiger partial charge in [-0.15, -0.1) is 0 Å². The van der Waals surface area contributed by atoms with E-state index in [1.165, 1.54) is 33.6 Å². The van der Waals surface area contributed by atoms with Gasteiger partial charge in [-0.2, -0.15) is 0 Å². The van der Waals surface area contributed by atoms with Crippen molar-refractivity contribution in [2.75, 3.05) is 69.0 Å². The fourth-order valence-corrected chi connectivity index (χ4v) is 9.98. The van der Waals surface area contributed by atoms with E-state index in [1.54, 1.807) is 0 Å². The van der Waals surface area contributed by atoms with Gasteiger partial charge in [-0.3, -0.25) is 9.59 Å². The van der Waals surface area contributed by atoms with Crippen LogP contribution in [0.2, 0.25) is 0 Å². The Balaban J connectivity index is 1.10. The van der Waals surface area contributed by atoms with Crippen LogP contribution in [0.4, 0.5) is 11.4 Å². The molecule has 9 heteroatoms. The fourth-order valence-electron chi connectivity index (χ4n) is 9.98. The van der Waals surface area contributed by atoms with E-state index in [9.17, 15) is 9.59 Å². The van der Waals surface area contributed by atoms with Crippen molar-refractivity contribution in [3.05, 3.63) is 80.9 Å².